The van der Waals surface area contributed by atoms with E-state index >= 15 is 0 Å². The third kappa shape index (κ3) is 4.03. The van der Waals surface area contributed by atoms with Crippen LogP contribution in [-0.4, -0.2) is 36.1 Å². The van der Waals surface area contributed by atoms with Crippen molar-refractivity contribution in [3.05, 3.63) is 33.8 Å². The van der Waals surface area contributed by atoms with Crippen molar-refractivity contribution in [3.8, 4) is 5.75 Å². The lowest BCUT2D eigenvalue weighted by Gasteiger charge is -2.20. The van der Waals surface area contributed by atoms with Crippen LogP contribution in [0.1, 0.15) is 12.0 Å². The smallest absolute Gasteiger partial charge is 0.326 e. The number of carbonyl (C=O) groups is 2. The first kappa shape index (κ1) is 16.4. The predicted molar refractivity (Wildman–Crippen MR) is 77.8 cm³/mol. The van der Waals surface area contributed by atoms with Crippen molar-refractivity contribution in [2.75, 3.05) is 6.61 Å². The molecule has 1 amide bonds. The molecule has 118 valence electrons. The molecule has 5 nitrogen and oxygen atoms in total. The lowest BCUT2D eigenvalue weighted by atomic mass is 10.1. The van der Waals surface area contributed by atoms with E-state index < -0.39 is 30.8 Å². The Morgan fingerprint density at radius 1 is 1.41 bits per heavy atom. The Hall–Kier alpha value is -1.96. The number of carboxylic acids is 1. The molecule has 8 heteroatoms. The molecule has 2 N–H and O–H groups in total. The summed E-state index contributed by atoms with van der Waals surface area (Å²) < 4.78 is 30.8. The molecule has 1 atom stereocenters. The van der Waals surface area contributed by atoms with Crippen LogP contribution >= 0.6 is 15.9 Å². The molecule has 1 unspecified atom stereocenters. The highest BCUT2D eigenvalue weighted by Crippen LogP contribution is 2.29. The molecule has 2 rings (SSSR count). The lowest BCUT2D eigenvalue weighted by molar-refractivity contribution is -0.142. The Labute approximate surface area is 133 Å². The van der Waals surface area contributed by atoms with Crippen molar-refractivity contribution in [2.24, 2.45) is 0 Å². The highest BCUT2D eigenvalue weighted by molar-refractivity contribution is 9.10. The predicted octanol–water partition coefficient (Wildman–Crippen LogP) is 2.45. The molecule has 0 saturated heterocycles. The van der Waals surface area contributed by atoms with Crippen LogP contribution in [-0.2, 0) is 9.59 Å². The van der Waals surface area contributed by atoms with Gasteiger partial charge in [0.2, 0.25) is 6.43 Å². The van der Waals surface area contributed by atoms with Crippen LogP contribution in [0.15, 0.2) is 28.2 Å². The minimum absolute atomic E-state index is 0.0541. The normalized spacial score (nSPS) is 14.6. The molecular weight excluding hydrogens is 364 g/mol. The third-order valence-corrected chi connectivity index (χ3v) is 3.49. The summed E-state index contributed by atoms with van der Waals surface area (Å²) in [6, 6.07) is 3.59. The van der Waals surface area contributed by atoms with Gasteiger partial charge in [0.25, 0.3) is 5.91 Å². The van der Waals surface area contributed by atoms with Gasteiger partial charge in [0, 0.05) is 16.5 Å². The number of amides is 1. The van der Waals surface area contributed by atoms with Crippen LogP contribution in [0.4, 0.5) is 8.78 Å². The van der Waals surface area contributed by atoms with Gasteiger partial charge in [-0.1, -0.05) is 15.9 Å². The number of halogens is 3. The summed E-state index contributed by atoms with van der Waals surface area (Å²) in [7, 11) is 0. The standard InChI is InChI=1S/C14H12BrF2NO4/c15-9-1-2-11-7(4-9)3-8(6-22-11)13(19)18-10(14(20)21)5-12(16)17/h1-4,10,12H,5-6H2,(H,18,19)(H,20,21). The Balaban J connectivity index is 2.14. The van der Waals surface area contributed by atoms with Crippen molar-refractivity contribution < 1.29 is 28.2 Å². The largest absolute Gasteiger partial charge is 0.488 e. The highest BCUT2D eigenvalue weighted by atomic mass is 79.9. The second kappa shape index (κ2) is 6.87. The molecule has 0 spiro atoms. The summed E-state index contributed by atoms with van der Waals surface area (Å²) in [5, 5.41) is 10.9. The van der Waals surface area contributed by atoms with E-state index in [1.54, 1.807) is 24.3 Å². The fraction of sp³-hybridized carbons (Fsp3) is 0.286. The average Bonchev–Trinajstić information content (AvgIpc) is 2.45. The molecule has 0 fully saturated rings. The van der Waals surface area contributed by atoms with Crippen molar-refractivity contribution in [1.82, 2.24) is 5.32 Å². The van der Waals surface area contributed by atoms with E-state index in [1.807, 2.05) is 0 Å². The molecule has 1 aliphatic heterocycles. The van der Waals surface area contributed by atoms with E-state index in [0.717, 1.165) is 4.47 Å². The maximum absolute atomic E-state index is 12.3. The van der Waals surface area contributed by atoms with E-state index in [9.17, 15) is 18.4 Å². The minimum atomic E-state index is -2.82. The van der Waals surface area contributed by atoms with Crippen molar-refractivity contribution in [2.45, 2.75) is 18.9 Å². The summed E-state index contributed by atoms with van der Waals surface area (Å²) >= 11 is 3.29. The molecule has 0 saturated carbocycles. The van der Waals surface area contributed by atoms with Crippen LogP contribution in [0.5, 0.6) is 5.75 Å². The van der Waals surface area contributed by atoms with E-state index in [4.69, 9.17) is 9.84 Å². The summed E-state index contributed by atoms with van der Waals surface area (Å²) in [5.74, 6) is -1.66. The maximum atomic E-state index is 12.3. The maximum Gasteiger partial charge on any atom is 0.326 e. The monoisotopic (exact) mass is 375 g/mol. The van der Waals surface area contributed by atoms with Gasteiger partial charge in [0.1, 0.15) is 18.4 Å². The number of aliphatic carboxylic acids is 1. The number of hydrogen-bond donors (Lipinski definition) is 2. The third-order valence-electron chi connectivity index (χ3n) is 2.99. The van der Waals surface area contributed by atoms with Crippen LogP contribution < -0.4 is 10.1 Å². The number of alkyl halides is 2. The highest BCUT2D eigenvalue weighted by Gasteiger charge is 2.26. The zero-order valence-corrected chi connectivity index (χ0v) is 12.8. The zero-order chi connectivity index (χ0) is 16.3. The Morgan fingerprint density at radius 3 is 2.77 bits per heavy atom. The molecule has 0 bridgehead atoms. The average molecular weight is 376 g/mol. The number of hydrogen-bond acceptors (Lipinski definition) is 3. The number of nitrogens with one attached hydrogen (secondary N) is 1. The molecule has 1 heterocycles. The molecular formula is C14H12BrF2NO4. The van der Waals surface area contributed by atoms with Crippen LogP contribution in [0.3, 0.4) is 0 Å². The number of fused-ring (bicyclic) bond motifs is 1. The van der Waals surface area contributed by atoms with Crippen molar-refractivity contribution in [3.63, 3.8) is 0 Å². The molecule has 22 heavy (non-hydrogen) atoms. The molecule has 1 aliphatic rings. The van der Waals surface area contributed by atoms with Gasteiger partial charge >= 0.3 is 5.97 Å². The van der Waals surface area contributed by atoms with Gasteiger partial charge in [-0.2, -0.15) is 0 Å². The van der Waals surface area contributed by atoms with Gasteiger partial charge in [0.05, 0.1) is 5.57 Å². The molecule has 0 aliphatic carbocycles. The Morgan fingerprint density at radius 2 is 2.14 bits per heavy atom. The topological polar surface area (TPSA) is 75.6 Å². The van der Waals surface area contributed by atoms with Gasteiger partial charge in [0.15, 0.2) is 0 Å². The van der Waals surface area contributed by atoms with E-state index in [0.29, 0.717) is 11.3 Å². The fourth-order valence-corrected chi connectivity index (χ4v) is 2.31. The number of benzene rings is 1. The second-order valence-corrected chi connectivity index (χ2v) is 5.55. The first-order chi connectivity index (χ1) is 10.4. The van der Waals surface area contributed by atoms with Crippen molar-refractivity contribution >= 4 is 33.9 Å². The lowest BCUT2D eigenvalue weighted by Crippen LogP contribution is -2.43. The summed E-state index contributed by atoms with van der Waals surface area (Å²) in [6.45, 7) is -0.0541. The molecule has 1 aromatic carbocycles. The van der Waals surface area contributed by atoms with Crippen LogP contribution in [0, 0.1) is 0 Å². The van der Waals surface area contributed by atoms with Gasteiger partial charge in [-0.3, -0.25) is 4.79 Å². The second-order valence-electron chi connectivity index (χ2n) is 4.63. The summed E-state index contributed by atoms with van der Waals surface area (Å²) in [4.78, 5) is 22.9. The Bertz CT molecular complexity index is 633. The first-order valence-corrected chi connectivity index (χ1v) is 7.11. The van der Waals surface area contributed by atoms with Gasteiger partial charge in [-0.25, -0.2) is 13.6 Å². The number of carbonyl (C=O) groups excluding carboxylic acids is 1. The van der Waals surface area contributed by atoms with Crippen LogP contribution in [0.25, 0.3) is 6.08 Å². The SMILES string of the molecule is O=C(NC(CC(F)F)C(=O)O)C1=Cc2cc(Br)ccc2OC1. The Kier molecular flexibility index (Phi) is 5.12. The number of ether oxygens (including phenoxy) is 1. The molecule has 1 aromatic rings. The first-order valence-electron chi connectivity index (χ1n) is 6.31. The summed E-state index contributed by atoms with van der Waals surface area (Å²) in [6.07, 6.45) is -2.23. The number of carboxylic acid groups (broad SMARTS) is 1. The number of rotatable bonds is 5. The molecule has 0 aromatic heterocycles. The van der Waals surface area contributed by atoms with Crippen LogP contribution in [0.2, 0.25) is 0 Å². The fourth-order valence-electron chi connectivity index (χ4n) is 1.93. The van der Waals surface area contributed by atoms with E-state index in [1.165, 1.54) is 0 Å². The quantitative estimate of drug-likeness (QED) is 0.828. The molecule has 0 radical (unpaired) electrons. The van der Waals surface area contributed by atoms with Gasteiger partial charge < -0.3 is 15.2 Å². The zero-order valence-electron chi connectivity index (χ0n) is 11.2. The van der Waals surface area contributed by atoms with Gasteiger partial charge in [-0.15, -0.1) is 0 Å². The summed E-state index contributed by atoms with van der Waals surface area (Å²) in [5.41, 5.74) is 0.817. The minimum Gasteiger partial charge on any atom is -0.488 e. The van der Waals surface area contributed by atoms with E-state index in [2.05, 4.69) is 21.2 Å². The van der Waals surface area contributed by atoms with Gasteiger partial charge in [-0.05, 0) is 24.3 Å². The van der Waals surface area contributed by atoms with Crippen molar-refractivity contribution in [1.29, 1.82) is 0 Å². The van der Waals surface area contributed by atoms with E-state index in [-0.39, 0.29) is 12.2 Å².